The van der Waals surface area contributed by atoms with Crippen molar-refractivity contribution in [2.75, 3.05) is 18.5 Å². The number of aryl methyl sites for hydroxylation is 1. The Kier molecular flexibility index (Phi) is 1.83. The van der Waals surface area contributed by atoms with Gasteiger partial charge >= 0.3 is 0 Å². The molecule has 0 N–H and O–H groups in total. The molecule has 1 atom stereocenters. The monoisotopic (exact) mass is 183 g/mol. The molecule has 1 aromatic rings. The molecule has 3 heteroatoms. The van der Waals surface area contributed by atoms with Gasteiger partial charge in [0, 0.05) is 13.6 Å². The van der Waals surface area contributed by atoms with Crippen molar-refractivity contribution in [1.29, 1.82) is 0 Å². The summed E-state index contributed by atoms with van der Waals surface area (Å²) in [6.07, 6.45) is 3.50. The van der Waals surface area contributed by atoms with E-state index in [2.05, 4.69) is 36.1 Å². The van der Waals surface area contributed by atoms with Gasteiger partial charge in [0.05, 0.1) is 5.56 Å². The lowest BCUT2D eigenvalue weighted by molar-refractivity contribution is -0.600. The van der Waals surface area contributed by atoms with Crippen LogP contribution >= 0.6 is 11.5 Å². The lowest BCUT2D eigenvalue weighted by atomic mass is 9.99. The highest BCUT2D eigenvalue weighted by Crippen LogP contribution is 2.30. The Morgan fingerprint density at radius 3 is 3.17 bits per heavy atom. The van der Waals surface area contributed by atoms with Gasteiger partial charge in [-0.05, 0) is 12.3 Å². The maximum Gasteiger partial charge on any atom is 0.189 e. The van der Waals surface area contributed by atoms with E-state index in [0.717, 1.165) is 5.92 Å². The van der Waals surface area contributed by atoms with Crippen LogP contribution in [0.4, 0.5) is 5.00 Å². The fraction of sp³-hybridized carbons (Fsp3) is 0.667. The van der Waals surface area contributed by atoms with Crippen LogP contribution in [-0.4, -0.2) is 13.6 Å². The van der Waals surface area contributed by atoms with Crippen LogP contribution in [-0.2, 0) is 13.5 Å². The SMILES string of the molecule is CC1Cc2c[n+](C)sc2N(C)C1. The van der Waals surface area contributed by atoms with Crippen LogP contribution in [0.1, 0.15) is 12.5 Å². The molecule has 0 saturated carbocycles. The standard InChI is InChI=1S/C9H15N2S/c1-7-4-8-6-11(3)12-9(8)10(2)5-7/h6-7H,4-5H2,1-3H3/q+1. The van der Waals surface area contributed by atoms with Crippen molar-refractivity contribution in [3.8, 4) is 0 Å². The van der Waals surface area contributed by atoms with Gasteiger partial charge in [-0.2, -0.15) is 0 Å². The summed E-state index contributed by atoms with van der Waals surface area (Å²) in [6, 6.07) is 0. The molecule has 0 aromatic carbocycles. The fourth-order valence-electron chi connectivity index (χ4n) is 1.94. The van der Waals surface area contributed by atoms with Crippen LogP contribution < -0.4 is 8.86 Å². The molecule has 0 spiro atoms. The van der Waals surface area contributed by atoms with Gasteiger partial charge in [-0.3, -0.25) is 0 Å². The van der Waals surface area contributed by atoms with Crippen LogP contribution in [0, 0.1) is 5.92 Å². The number of nitrogens with zero attached hydrogens (tertiary/aromatic N) is 2. The van der Waals surface area contributed by atoms with Crippen LogP contribution in [0.2, 0.25) is 0 Å². The third kappa shape index (κ3) is 1.22. The lowest BCUT2D eigenvalue weighted by Gasteiger charge is -2.26. The van der Waals surface area contributed by atoms with Crippen molar-refractivity contribution in [1.82, 2.24) is 0 Å². The molecule has 0 radical (unpaired) electrons. The van der Waals surface area contributed by atoms with E-state index in [1.807, 2.05) is 11.5 Å². The molecule has 0 amide bonds. The Bertz CT molecular complexity index is 293. The Morgan fingerprint density at radius 1 is 1.67 bits per heavy atom. The average molecular weight is 183 g/mol. The summed E-state index contributed by atoms with van der Waals surface area (Å²) in [5.41, 5.74) is 1.52. The first-order valence-corrected chi connectivity index (χ1v) is 5.14. The van der Waals surface area contributed by atoms with E-state index in [1.165, 1.54) is 23.5 Å². The summed E-state index contributed by atoms with van der Waals surface area (Å²) in [5, 5.41) is 1.45. The number of anilines is 1. The first kappa shape index (κ1) is 8.05. The van der Waals surface area contributed by atoms with Gasteiger partial charge in [-0.1, -0.05) is 6.92 Å². The molecule has 1 aromatic heterocycles. The van der Waals surface area contributed by atoms with Crippen molar-refractivity contribution < 1.29 is 3.96 Å². The Labute approximate surface area is 77.6 Å². The minimum absolute atomic E-state index is 0.803. The Balaban J connectivity index is 2.40. The molecule has 2 nitrogen and oxygen atoms in total. The highest BCUT2D eigenvalue weighted by Gasteiger charge is 2.25. The van der Waals surface area contributed by atoms with Gasteiger partial charge in [0.2, 0.25) is 0 Å². The van der Waals surface area contributed by atoms with Crippen molar-refractivity contribution >= 4 is 16.5 Å². The molecule has 12 heavy (non-hydrogen) atoms. The van der Waals surface area contributed by atoms with Crippen molar-refractivity contribution in [3.05, 3.63) is 11.8 Å². The average Bonchev–Trinajstić information content (AvgIpc) is 2.29. The van der Waals surface area contributed by atoms with Gasteiger partial charge in [-0.15, -0.1) is 3.96 Å². The second kappa shape index (κ2) is 2.73. The maximum absolute atomic E-state index is 2.37. The minimum Gasteiger partial charge on any atom is -0.361 e. The predicted molar refractivity (Wildman–Crippen MR) is 51.6 cm³/mol. The molecule has 0 aliphatic carbocycles. The number of hydrogen-bond donors (Lipinski definition) is 0. The molecule has 66 valence electrons. The summed E-state index contributed by atoms with van der Waals surface area (Å²) in [7, 11) is 4.30. The van der Waals surface area contributed by atoms with Gasteiger partial charge in [0.25, 0.3) is 0 Å². The largest absolute Gasteiger partial charge is 0.361 e. The third-order valence-electron chi connectivity index (χ3n) is 2.34. The zero-order valence-corrected chi connectivity index (χ0v) is 8.69. The van der Waals surface area contributed by atoms with E-state index in [-0.39, 0.29) is 0 Å². The highest BCUT2D eigenvalue weighted by molar-refractivity contribution is 7.06. The second-order valence-corrected chi connectivity index (χ2v) is 4.93. The Hall–Kier alpha value is -0.570. The van der Waals surface area contributed by atoms with E-state index in [0.29, 0.717) is 0 Å². The number of fused-ring (bicyclic) bond motifs is 1. The summed E-state index contributed by atoms with van der Waals surface area (Å²) < 4.78 is 2.19. The van der Waals surface area contributed by atoms with E-state index in [4.69, 9.17) is 0 Å². The van der Waals surface area contributed by atoms with Crippen LogP contribution in [0.25, 0.3) is 0 Å². The zero-order valence-electron chi connectivity index (χ0n) is 7.87. The third-order valence-corrected chi connectivity index (χ3v) is 3.48. The van der Waals surface area contributed by atoms with Crippen LogP contribution in [0.15, 0.2) is 6.20 Å². The minimum atomic E-state index is 0.803. The normalized spacial score (nSPS) is 22.6. The number of aromatic nitrogens is 1. The lowest BCUT2D eigenvalue weighted by Crippen LogP contribution is -2.29. The molecule has 2 heterocycles. The van der Waals surface area contributed by atoms with Crippen molar-refractivity contribution in [2.24, 2.45) is 13.0 Å². The molecule has 1 aliphatic rings. The molecule has 2 rings (SSSR count). The molecular formula is C9H15N2S+. The second-order valence-electron chi connectivity index (χ2n) is 3.79. The summed E-state index contributed by atoms with van der Waals surface area (Å²) in [6.45, 7) is 3.52. The topological polar surface area (TPSA) is 7.12 Å². The molecule has 1 aliphatic heterocycles. The maximum atomic E-state index is 2.37. The van der Waals surface area contributed by atoms with Gasteiger partial charge in [0.15, 0.2) is 29.8 Å². The smallest absolute Gasteiger partial charge is 0.189 e. The van der Waals surface area contributed by atoms with E-state index in [9.17, 15) is 0 Å². The first-order chi connectivity index (χ1) is 5.66. The highest BCUT2D eigenvalue weighted by atomic mass is 32.1. The molecule has 0 saturated heterocycles. The first-order valence-electron chi connectivity index (χ1n) is 4.37. The fourth-order valence-corrected chi connectivity index (χ4v) is 2.86. The van der Waals surface area contributed by atoms with Gasteiger partial charge in [-0.25, -0.2) is 0 Å². The predicted octanol–water partition coefficient (Wildman–Crippen LogP) is 1.20. The van der Waals surface area contributed by atoms with E-state index < -0.39 is 0 Å². The molecule has 0 fully saturated rings. The van der Waals surface area contributed by atoms with E-state index >= 15 is 0 Å². The van der Waals surface area contributed by atoms with Crippen molar-refractivity contribution in [3.63, 3.8) is 0 Å². The molecular weight excluding hydrogens is 168 g/mol. The van der Waals surface area contributed by atoms with Gasteiger partial charge in [0.1, 0.15) is 0 Å². The Morgan fingerprint density at radius 2 is 2.42 bits per heavy atom. The summed E-state index contributed by atoms with van der Waals surface area (Å²) in [4.78, 5) is 2.37. The van der Waals surface area contributed by atoms with Crippen LogP contribution in [0.3, 0.4) is 0 Å². The van der Waals surface area contributed by atoms with E-state index in [1.54, 1.807) is 0 Å². The van der Waals surface area contributed by atoms with Crippen molar-refractivity contribution in [2.45, 2.75) is 13.3 Å². The zero-order chi connectivity index (χ0) is 8.72. The van der Waals surface area contributed by atoms with Gasteiger partial charge < -0.3 is 4.90 Å². The number of rotatable bonds is 0. The molecule has 0 bridgehead atoms. The van der Waals surface area contributed by atoms with Crippen LogP contribution in [0.5, 0.6) is 0 Å². The quantitative estimate of drug-likeness (QED) is 0.548. The summed E-state index contributed by atoms with van der Waals surface area (Å²) >= 11 is 1.84. The molecule has 1 unspecified atom stereocenters. The number of hydrogen-bond acceptors (Lipinski definition) is 2. The summed E-state index contributed by atoms with van der Waals surface area (Å²) in [5.74, 6) is 0.803.